The van der Waals surface area contributed by atoms with Crippen LogP contribution >= 0.6 is 0 Å². The van der Waals surface area contributed by atoms with Gasteiger partial charge < -0.3 is 10.2 Å². The van der Waals surface area contributed by atoms with Crippen molar-refractivity contribution in [3.63, 3.8) is 0 Å². The van der Waals surface area contributed by atoms with E-state index in [1.54, 1.807) is 19.0 Å². The molecule has 0 aliphatic rings. The van der Waals surface area contributed by atoms with Crippen LogP contribution in [-0.4, -0.2) is 41.8 Å². The number of carbonyl (C=O) groups is 1. The molecule has 182 valence electrons. The minimum atomic E-state index is -4.78. The van der Waals surface area contributed by atoms with Gasteiger partial charge in [-0.1, -0.05) is 20.8 Å². The Kier molecular flexibility index (Phi) is 6.43. The first-order valence-electron chi connectivity index (χ1n) is 10.2. The summed E-state index contributed by atoms with van der Waals surface area (Å²) in [5.41, 5.74) is -3.23. The Labute approximate surface area is 192 Å². The van der Waals surface area contributed by atoms with Crippen molar-refractivity contribution in [2.24, 2.45) is 5.41 Å². The molecular formula is C23H23F5N4O2. The van der Waals surface area contributed by atoms with Crippen LogP contribution < -0.4 is 15.6 Å². The molecule has 2 heterocycles. The fourth-order valence-electron chi connectivity index (χ4n) is 3.46. The molecule has 0 saturated heterocycles. The molecule has 2 aromatic heterocycles. The second-order valence-corrected chi connectivity index (χ2v) is 9.09. The predicted molar refractivity (Wildman–Crippen MR) is 118 cm³/mol. The summed E-state index contributed by atoms with van der Waals surface area (Å²) in [7, 11) is 3.36. The Morgan fingerprint density at radius 2 is 1.74 bits per heavy atom. The standard InChI is InChI=1S/C23H23F5N4O2/c1-22(2,3)21(23(26,27)28)30-20(34)14-11-32(16-8-6-12(24)10-15(16)25)19-13(18(14)33)7-9-17(29-19)31(4)5/h6-11,21H,1-5H3,(H,30,34). The zero-order valence-electron chi connectivity index (χ0n) is 19.1. The number of anilines is 1. The lowest BCUT2D eigenvalue weighted by molar-refractivity contribution is -0.174. The Morgan fingerprint density at radius 3 is 2.26 bits per heavy atom. The van der Waals surface area contributed by atoms with Gasteiger partial charge in [-0.3, -0.25) is 14.2 Å². The second-order valence-electron chi connectivity index (χ2n) is 9.09. The van der Waals surface area contributed by atoms with E-state index in [4.69, 9.17) is 0 Å². The molecule has 1 N–H and O–H groups in total. The van der Waals surface area contributed by atoms with Crippen molar-refractivity contribution in [1.29, 1.82) is 0 Å². The maximum Gasteiger partial charge on any atom is 0.409 e. The van der Waals surface area contributed by atoms with E-state index in [-0.39, 0.29) is 16.7 Å². The van der Waals surface area contributed by atoms with Gasteiger partial charge in [-0.15, -0.1) is 0 Å². The highest BCUT2D eigenvalue weighted by atomic mass is 19.4. The molecule has 11 heteroatoms. The Bertz CT molecular complexity index is 1300. The highest BCUT2D eigenvalue weighted by molar-refractivity contribution is 5.97. The first-order chi connectivity index (χ1) is 15.6. The van der Waals surface area contributed by atoms with E-state index >= 15 is 0 Å². The van der Waals surface area contributed by atoms with Crippen LogP contribution in [0, 0.1) is 17.0 Å². The number of pyridine rings is 2. The topological polar surface area (TPSA) is 67.2 Å². The van der Waals surface area contributed by atoms with Gasteiger partial charge >= 0.3 is 6.18 Å². The number of benzene rings is 1. The average Bonchev–Trinajstić information content (AvgIpc) is 2.70. The SMILES string of the molecule is CN(C)c1ccc2c(=O)c(C(=O)NC(C(C)(C)C)C(F)(F)F)cn(-c3ccc(F)cc3F)c2n1. The van der Waals surface area contributed by atoms with Crippen LogP contribution in [0.25, 0.3) is 16.7 Å². The predicted octanol–water partition coefficient (Wildman–Crippen LogP) is 4.44. The number of rotatable bonds is 4. The third-order valence-electron chi connectivity index (χ3n) is 5.18. The Morgan fingerprint density at radius 1 is 1.09 bits per heavy atom. The van der Waals surface area contributed by atoms with Crippen LogP contribution in [0.4, 0.5) is 27.8 Å². The van der Waals surface area contributed by atoms with Gasteiger partial charge in [0.05, 0.1) is 11.1 Å². The van der Waals surface area contributed by atoms with E-state index in [2.05, 4.69) is 4.98 Å². The summed E-state index contributed by atoms with van der Waals surface area (Å²) in [5, 5.41) is 1.77. The summed E-state index contributed by atoms with van der Waals surface area (Å²) in [6.45, 7) is 3.89. The van der Waals surface area contributed by atoms with Crippen LogP contribution in [0.3, 0.4) is 0 Å². The van der Waals surface area contributed by atoms with Gasteiger partial charge in [0.15, 0.2) is 5.65 Å². The van der Waals surface area contributed by atoms with Gasteiger partial charge in [-0.05, 0) is 29.7 Å². The molecule has 3 rings (SSSR count). The number of halogens is 5. The van der Waals surface area contributed by atoms with Gasteiger partial charge in [-0.25, -0.2) is 13.8 Å². The largest absolute Gasteiger partial charge is 0.409 e. The van der Waals surface area contributed by atoms with E-state index in [1.807, 2.05) is 5.32 Å². The minimum absolute atomic E-state index is 0.0542. The molecule has 1 atom stereocenters. The maximum absolute atomic E-state index is 14.7. The number of fused-ring (bicyclic) bond motifs is 1. The summed E-state index contributed by atoms with van der Waals surface area (Å²) in [4.78, 5) is 31.9. The molecule has 0 spiro atoms. The fourth-order valence-corrected chi connectivity index (χ4v) is 3.46. The van der Waals surface area contributed by atoms with E-state index < -0.39 is 46.2 Å². The van der Waals surface area contributed by atoms with E-state index in [1.165, 1.54) is 32.9 Å². The zero-order chi connectivity index (χ0) is 25.6. The zero-order valence-corrected chi connectivity index (χ0v) is 19.1. The smallest absolute Gasteiger partial charge is 0.363 e. The van der Waals surface area contributed by atoms with Crippen molar-refractivity contribution in [3.05, 3.63) is 63.9 Å². The highest BCUT2D eigenvalue weighted by Crippen LogP contribution is 2.33. The monoisotopic (exact) mass is 482 g/mol. The summed E-state index contributed by atoms with van der Waals surface area (Å²) >= 11 is 0. The van der Waals surface area contributed by atoms with Crippen molar-refractivity contribution in [3.8, 4) is 5.69 Å². The molecule has 0 saturated carbocycles. The van der Waals surface area contributed by atoms with E-state index in [0.717, 1.165) is 22.9 Å². The number of hydrogen-bond donors (Lipinski definition) is 1. The number of nitrogens with one attached hydrogen (secondary N) is 1. The van der Waals surface area contributed by atoms with Crippen LogP contribution in [0.1, 0.15) is 31.1 Å². The quantitative estimate of drug-likeness (QED) is 0.559. The van der Waals surface area contributed by atoms with Crippen molar-refractivity contribution < 1.29 is 26.7 Å². The molecule has 0 fully saturated rings. The Balaban J connectivity index is 2.28. The van der Waals surface area contributed by atoms with Crippen molar-refractivity contribution >= 4 is 22.8 Å². The molecule has 6 nitrogen and oxygen atoms in total. The van der Waals surface area contributed by atoms with Crippen LogP contribution in [0.5, 0.6) is 0 Å². The van der Waals surface area contributed by atoms with Gasteiger partial charge in [0, 0.05) is 26.4 Å². The summed E-state index contributed by atoms with van der Waals surface area (Å²) in [6, 6.07) is 3.22. The van der Waals surface area contributed by atoms with Gasteiger partial charge in [0.25, 0.3) is 5.91 Å². The molecule has 0 aliphatic carbocycles. The van der Waals surface area contributed by atoms with Crippen molar-refractivity contribution in [2.75, 3.05) is 19.0 Å². The molecule has 3 aromatic rings. The lowest BCUT2D eigenvalue weighted by Crippen LogP contribution is -2.53. The molecule has 0 radical (unpaired) electrons. The summed E-state index contributed by atoms with van der Waals surface area (Å²) in [5.74, 6) is -2.76. The lowest BCUT2D eigenvalue weighted by atomic mass is 9.86. The number of alkyl halides is 3. The molecule has 0 aliphatic heterocycles. The number of carbonyl (C=O) groups excluding carboxylic acids is 1. The van der Waals surface area contributed by atoms with Gasteiger partial charge in [0.1, 0.15) is 29.1 Å². The highest BCUT2D eigenvalue weighted by Gasteiger charge is 2.48. The fraction of sp³-hybridized carbons (Fsp3) is 0.348. The molecule has 1 aromatic carbocycles. The average molecular weight is 482 g/mol. The van der Waals surface area contributed by atoms with E-state index in [0.29, 0.717) is 11.9 Å². The molecular weight excluding hydrogens is 459 g/mol. The number of nitrogens with zero attached hydrogens (tertiary/aromatic N) is 3. The first kappa shape index (κ1) is 25.1. The van der Waals surface area contributed by atoms with Gasteiger partial charge in [-0.2, -0.15) is 13.2 Å². The van der Waals surface area contributed by atoms with Crippen molar-refractivity contribution in [2.45, 2.75) is 33.0 Å². The molecule has 1 unspecified atom stereocenters. The third-order valence-corrected chi connectivity index (χ3v) is 5.18. The van der Waals surface area contributed by atoms with Crippen LogP contribution in [0.2, 0.25) is 0 Å². The van der Waals surface area contributed by atoms with Gasteiger partial charge in [0.2, 0.25) is 5.43 Å². The number of hydrogen-bond acceptors (Lipinski definition) is 4. The van der Waals surface area contributed by atoms with Crippen molar-refractivity contribution in [1.82, 2.24) is 14.9 Å². The number of amides is 1. The normalized spacial score (nSPS) is 13.1. The molecule has 34 heavy (non-hydrogen) atoms. The first-order valence-corrected chi connectivity index (χ1v) is 10.2. The summed E-state index contributed by atoms with van der Waals surface area (Å²) < 4.78 is 70.0. The molecule has 1 amide bonds. The second kappa shape index (κ2) is 8.69. The Hall–Kier alpha value is -3.50. The van der Waals surface area contributed by atoms with E-state index in [9.17, 15) is 31.5 Å². The maximum atomic E-state index is 14.7. The molecule has 0 bridgehead atoms. The number of aromatic nitrogens is 2. The minimum Gasteiger partial charge on any atom is -0.363 e. The van der Waals surface area contributed by atoms with Crippen LogP contribution in [0.15, 0.2) is 41.3 Å². The lowest BCUT2D eigenvalue weighted by Gasteiger charge is -2.33. The van der Waals surface area contributed by atoms with Crippen LogP contribution in [-0.2, 0) is 0 Å². The third kappa shape index (κ3) is 4.87. The summed E-state index contributed by atoms with van der Waals surface area (Å²) in [6.07, 6.45) is -3.87.